The number of aromatic nitrogens is 1. The van der Waals surface area contributed by atoms with Gasteiger partial charge in [-0.15, -0.1) is 0 Å². The Balaban J connectivity index is 2.13. The van der Waals surface area contributed by atoms with Gasteiger partial charge in [-0.25, -0.2) is 0 Å². The molecule has 1 fully saturated rings. The maximum Gasteiger partial charge on any atom is 0.0569 e. The van der Waals surface area contributed by atoms with E-state index in [0.29, 0.717) is 0 Å². The van der Waals surface area contributed by atoms with E-state index in [1.807, 2.05) is 19.2 Å². The average molecular weight is 248 g/mol. The lowest BCUT2D eigenvalue weighted by atomic mass is 9.99. The van der Waals surface area contributed by atoms with Crippen LogP contribution in [0.4, 0.5) is 5.69 Å². The second kappa shape index (κ2) is 4.86. The van der Waals surface area contributed by atoms with Crippen LogP contribution in [-0.4, -0.2) is 42.1 Å². The maximum atomic E-state index is 5.82. The van der Waals surface area contributed by atoms with Gasteiger partial charge in [0.25, 0.3) is 0 Å². The van der Waals surface area contributed by atoms with Crippen molar-refractivity contribution in [3.8, 4) is 0 Å². The summed E-state index contributed by atoms with van der Waals surface area (Å²) in [6.45, 7) is 9.69. The Morgan fingerprint density at radius 2 is 2.06 bits per heavy atom. The molecular weight excluding hydrogens is 224 g/mol. The number of rotatable bonds is 2. The third kappa shape index (κ3) is 2.65. The van der Waals surface area contributed by atoms with Crippen molar-refractivity contribution in [2.75, 3.05) is 31.6 Å². The fourth-order valence-corrected chi connectivity index (χ4v) is 2.31. The second-order valence-electron chi connectivity index (χ2n) is 5.89. The molecule has 2 heterocycles. The van der Waals surface area contributed by atoms with Gasteiger partial charge in [0.1, 0.15) is 0 Å². The first-order valence-electron chi connectivity index (χ1n) is 6.58. The van der Waals surface area contributed by atoms with E-state index >= 15 is 0 Å². The molecule has 4 heteroatoms. The summed E-state index contributed by atoms with van der Waals surface area (Å²) in [6, 6.07) is 4.17. The number of hydrogen-bond donors (Lipinski definition) is 1. The standard InChI is InChI=1S/C14H24N4/c1-11(15)13-6-5-12(9-16-13)18-8-7-17(4)14(2,3)10-18/h5-6,9,11H,7-8,10,15H2,1-4H3/t11-/m0/s1. The van der Waals surface area contributed by atoms with E-state index < -0.39 is 0 Å². The Hall–Kier alpha value is -1.13. The van der Waals surface area contributed by atoms with Crippen LogP contribution < -0.4 is 10.6 Å². The summed E-state index contributed by atoms with van der Waals surface area (Å²) >= 11 is 0. The largest absolute Gasteiger partial charge is 0.367 e. The van der Waals surface area contributed by atoms with E-state index in [4.69, 9.17) is 5.73 Å². The molecule has 4 nitrogen and oxygen atoms in total. The molecule has 0 saturated carbocycles. The van der Waals surface area contributed by atoms with Crippen molar-refractivity contribution in [2.45, 2.75) is 32.4 Å². The molecule has 0 aliphatic carbocycles. The number of hydrogen-bond acceptors (Lipinski definition) is 4. The monoisotopic (exact) mass is 248 g/mol. The van der Waals surface area contributed by atoms with Crippen LogP contribution >= 0.6 is 0 Å². The second-order valence-corrected chi connectivity index (χ2v) is 5.89. The molecule has 0 unspecified atom stereocenters. The molecule has 0 bridgehead atoms. The normalized spacial score (nSPS) is 21.9. The lowest BCUT2D eigenvalue weighted by Crippen LogP contribution is -2.57. The summed E-state index contributed by atoms with van der Waals surface area (Å²) in [5, 5.41) is 0. The van der Waals surface area contributed by atoms with Crippen LogP contribution in [0.5, 0.6) is 0 Å². The minimum absolute atomic E-state index is 0.00276. The number of pyridine rings is 1. The molecule has 1 aliphatic heterocycles. The molecule has 2 N–H and O–H groups in total. The molecule has 0 spiro atoms. The van der Waals surface area contributed by atoms with Crippen molar-refractivity contribution in [2.24, 2.45) is 5.73 Å². The van der Waals surface area contributed by atoms with Crippen LogP contribution in [0.25, 0.3) is 0 Å². The minimum atomic E-state index is 0.00276. The van der Waals surface area contributed by atoms with Crippen molar-refractivity contribution in [3.05, 3.63) is 24.0 Å². The highest BCUT2D eigenvalue weighted by molar-refractivity contribution is 5.46. The number of nitrogens with two attached hydrogens (primary N) is 1. The number of likely N-dealkylation sites (N-methyl/N-ethyl adjacent to an activating group) is 1. The summed E-state index contributed by atoms with van der Waals surface area (Å²) < 4.78 is 0. The highest BCUT2D eigenvalue weighted by Gasteiger charge is 2.31. The van der Waals surface area contributed by atoms with Gasteiger partial charge in [-0.3, -0.25) is 9.88 Å². The predicted molar refractivity (Wildman–Crippen MR) is 75.8 cm³/mol. The third-order valence-electron chi connectivity index (χ3n) is 3.92. The van der Waals surface area contributed by atoms with Crippen LogP contribution in [0.3, 0.4) is 0 Å². The highest BCUT2D eigenvalue weighted by Crippen LogP contribution is 2.24. The highest BCUT2D eigenvalue weighted by atomic mass is 15.3. The average Bonchev–Trinajstić information content (AvgIpc) is 2.33. The van der Waals surface area contributed by atoms with Crippen LogP contribution in [0, 0.1) is 0 Å². The Bertz CT molecular complexity index is 397. The van der Waals surface area contributed by atoms with E-state index in [9.17, 15) is 0 Å². The Kier molecular flexibility index (Phi) is 3.59. The summed E-state index contributed by atoms with van der Waals surface area (Å²) in [5.74, 6) is 0. The van der Waals surface area contributed by atoms with E-state index in [-0.39, 0.29) is 11.6 Å². The van der Waals surface area contributed by atoms with Gasteiger partial charge in [0.15, 0.2) is 0 Å². The molecule has 1 aliphatic rings. The van der Waals surface area contributed by atoms with E-state index in [1.54, 1.807) is 0 Å². The van der Waals surface area contributed by atoms with Crippen molar-refractivity contribution in [1.82, 2.24) is 9.88 Å². The van der Waals surface area contributed by atoms with Crippen molar-refractivity contribution in [3.63, 3.8) is 0 Å². The molecule has 100 valence electrons. The third-order valence-corrected chi connectivity index (χ3v) is 3.92. The zero-order valence-corrected chi connectivity index (χ0v) is 11.8. The summed E-state index contributed by atoms with van der Waals surface area (Å²) in [7, 11) is 2.19. The lowest BCUT2D eigenvalue weighted by Gasteiger charge is -2.46. The van der Waals surface area contributed by atoms with Gasteiger partial charge in [0.05, 0.1) is 17.6 Å². The molecule has 1 saturated heterocycles. The fourth-order valence-electron chi connectivity index (χ4n) is 2.31. The number of anilines is 1. The summed E-state index contributed by atoms with van der Waals surface area (Å²) in [6.07, 6.45) is 1.94. The van der Waals surface area contributed by atoms with E-state index in [2.05, 4.69) is 41.7 Å². The summed E-state index contributed by atoms with van der Waals surface area (Å²) in [5.41, 5.74) is 8.17. The molecular formula is C14H24N4. The molecule has 0 radical (unpaired) electrons. The first kappa shape index (κ1) is 13.3. The topological polar surface area (TPSA) is 45.4 Å². The van der Waals surface area contributed by atoms with Gasteiger partial charge in [0, 0.05) is 31.2 Å². The SMILES string of the molecule is C[C@H](N)c1ccc(N2CCN(C)C(C)(C)C2)cn1. The zero-order valence-electron chi connectivity index (χ0n) is 11.8. The molecule has 1 aromatic rings. The van der Waals surface area contributed by atoms with Gasteiger partial charge in [-0.2, -0.15) is 0 Å². The molecule has 0 amide bonds. The van der Waals surface area contributed by atoms with Gasteiger partial charge in [-0.1, -0.05) is 0 Å². The van der Waals surface area contributed by atoms with E-state index in [0.717, 1.165) is 25.3 Å². The van der Waals surface area contributed by atoms with E-state index in [1.165, 1.54) is 5.69 Å². The molecule has 1 aromatic heterocycles. The van der Waals surface area contributed by atoms with Crippen LogP contribution in [0.15, 0.2) is 18.3 Å². The van der Waals surface area contributed by atoms with Gasteiger partial charge < -0.3 is 10.6 Å². The van der Waals surface area contributed by atoms with Gasteiger partial charge in [0.2, 0.25) is 0 Å². The quantitative estimate of drug-likeness (QED) is 0.864. The van der Waals surface area contributed by atoms with Crippen molar-refractivity contribution in [1.29, 1.82) is 0 Å². The van der Waals surface area contributed by atoms with Crippen LogP contribution in [0.2, 0.25) is 0 Å². The van der Waals surface area contributed by atoms with Crippen LogP contribution in [0.1, 0.15) is 32.5 Å². The summed E-state index contributed by atoms with van der Waals surface area (Å²) in [4.78, 5) is 9.25. The first-order valence-corrected chi connectivity index (χ1v) is 6.58. The lowest BCUT2D eigenvalue weighted by molar-refractivity contribution is 0.139. The molecule has 0 aromatic carbocycles. The predicted octanol–water partition coefficient (Wildman–Crippen LogP) is 1.63. The maximum absolute atomic E-state index is 5.82. The van der Waals surface area contributed by atoms with Crippen LogP contribution in [-0.2, 0) is 0 Å². The molecule has 2 rings (SSSR count). The molecule has 18 heavy (non-hydrogen) atoms. The fraction of sp³-hybridized carbons (Fsp3) is 0.643. The number of nitrogens with zero attached hydrogens (tertiary/aromatic N) is 3. The van der Waals surface area contributed by atoms with Gasteiger partial charge in [-0.05, 0) is 40.0 Å². The smallest absolute Gasteiger partial charge is 0.0569 e. The molecule has 1 atom stereocenters. The number of piperazine rings is 1. The van der Waals surface area contributed by atoms with Crippen molar-refractivity contribution < 1.29 is 0 Å². The van der Waals surface area contributed by atoms with Crippen molar-refractivity contribution >= 4 is 5.69 Å². The minimum Gasteiger partial charge on any atom is -0.367 e. The Morgan fingerprint density at radius 3 is 2.56 bits per heavy atom. The first-order chi connectivity index (χ1) is 8.40. The zero-order chi connectivity index (χ0) is 13.3. The Morgan fingerprint density at radius 1 is 1.33 bits per heavy atom. The van der Waals surface area contributed by atoms with Gasteiger partial charge >= 0.3 is 0 Å². The Labute approximate surface area is 110 Å².